The first kappa shape index (κ1) is 13.7. The van der Waals surface area contributed by atoms with Gasteiger partial charge in [-0.2, -0.15) is 0 Å². The van der Waals surface area contributed by atoms with Crippen molar-refractivity contribution in [3.05, 3.63) is 35.4 Å². The SMILES string of the molecule is CCC(C)c1ccc(C(=O)OCCOC)cc1. The number of hydrogen-bond acceptors (Lipinski definition) is 3. The maximum Gasteiger partial charge on any atom is 0.338 e. The lowest BCUT2D eigenvalue weighted by molar-refractivity contribution is 0.0388. The molecule has 1 aromatic carbocycles. The quantitative estimate of drug-likeness (QED) is 0.562. The molecule has 3 heteroatoms. The van der Waals surface area contributed by atoms with Gasteiger partial charge in [0.15, 0.2) is 0 Å². The average molecular weight is 236 g/mol. The highest BCUT2D eigenvalue weighted by Gasteiger charge is 2.08. The minimum Gasteiger partial charge on any atom is -0.460 e. The average Bonchev–Trinajstić information content (AvgIpc) is 2.38. The molecule has 0 aliphatic heterocycles. The lowest BCUT2D eigenvalue weighted by atomic mass is 9.98. The van der Waals surface area contributed by atoms with Gasteiger partial charge in [-0.15, -0.1) is 0 Å². The van der Waals surface area contributed by atoms with Crippen molar-refractivity contribution in [2.45, 2.75) is 26.2 Å². The van der Waals surface area contributed by atoms with E-state index in [0.29, 0.717) is 24.7 Å². The van der Waals surface area contributed by atoms with Crippen LogP contribution in [-0.2, 0) is 9.47 Å². The molecule has 0 aliphatic rings. The third-order valence-corrected chi connectivity index (χ3v) is 2.85. The van der Waals surface area contributed by atoms with Gasteiger partial charge in [0.25, 0.3) is 0 Å². The number of ether oxygens (including phenoxy) is 2. The van der Waals surface area contributed by atoms with Crippen molar-refractivity contribution in [1.29, 1.82) is 0 Å². The summed E-state index contributed by atoms with van der Waals surface area (Å²) in [5.74, 6) is 0.228. The summed E-state index contributed by atoms with van der Waals surface area (Å²) in [7, 11) is 1.58. The number of carbonyl (C=O) groups excluding carboxylic acids is 1. The Bertz CT molecular complexity index is 343. The fourth-order valence-corrected chi connectivity index (χ4v) is 1.48. The first-order chi connectivity index (χ1) is 8.19. The molecular weight excluding hydrogens is 216 g/mol. The molecule has 3 nitrogen and oxygen atoms in total. The van der Waals surface area contributed by atoms with Gasteiger partial charge in [0, 0.05) is 7.11 Å². The second-order valence-corrected chi connectivity index (χ2v) is 4.06. The third-order valence-electron chi connectivity index (χ3n) is 2.85. The summed E-state index contributed by atoms with van der Waals surface area (Å²) in [5.41, 5.74) is 1.84. The van der Waals surface area contributed by atoms with Crippen LogP contribution in [0.3, 0.4) is 0 Å². The predicted molar refractivity (Wildman–Crippen MR) is 67.3 cm³/mol. The normalized spacial score (nSPS) is 12.2. The van der Waals surface area contributed by atoms with E-state index in [1.165, 1.54) is 5.56 Å². The summed E-state index contributed by atoms with van der Waals surface area (Å²) in [6, 6.07) is 7.61. The number of methoxy groups -OCH3 is 1. The van der Waals surface area contributed by atoms with E-state index < -0.39 is 0 Å². The molecule has 1 atom stereocenters. The maximum absolute atomic E-state index is 11.6. The number of rotatable bonds is 6. The van der Waals surface area contributed by atoms with E-state index in [2.05, 4.69) is 13.8 Å². The summed E-state index contributed by atoms with van der Waals surface area (Å²) >= 11 is 0. The highest BCUT2D eigenvalue weighted by atomic mass is 16.6. The van der Waals surface area contributed by atoms with Crippen LogP contribution in [0.15, 0.2) is 24.3 Å². The molecule has 0 N–H and O–H groups in total. The maximum atomic E-state index is 11.6. The molecule has 0 aliphatic carbocycles. The molecule has 0 saturated heterocycles. The van der Waals surface area contributed by atoms with Crippen molar-refractivity contribution in [3.63, 3.8) is 0 Å². The van der Waals surface area contributed by atoms with Crippen molar-refractivity contribution >= 4 is 5.97 Å². The van der Waals surface area contributed by atoms with Crippen molar-refractivity contribution < 1.29 is 14.3 Å². The van der Waals surface area contributed by atoms with E-state index in [1.54, 1.807) is 7.11 Å². The van der Waals surface area contributed by atoms with Crippen LogP contribution in [0.2, 0.25) is 0 Å². The third kappa shape index (κ3) is 4.19. The highest BCUT2D eigenvalue weighted by molar-refractivity contribution is 5.89. The standard InChI is InChI=1S/C14H20O3/c1-4-11(2)12-5-7-13(8-6-12)14(15)17-10-9-16-3/h5-8,11H,4,9-10H2,1-3H3. The molecule has 0 amide bonds. The number of benzene rings is 1. The zero-order valence-electron chi connectivity index (χ0n) is 10.7. The molecule has 0 radical (unpaired) electrons. The Morgan fingerprint density at radius 1 is 1.24 bits per heavy atom. The van der Waals surface area contributed by atoms with Crippen LogP contribution in [0.25, 0.3) is 0 Å². The van der Waals surface area contributed by atoms with Gasteiger partial charge in [-0.25, -0.2) is 4.79 Å². The zero-order chi connectivity index (χ0) is 12.7. The van der Waals surface area contributed by atoms with Gasteiger partial charge in [0.1, 0.15) is 6.61 Å². The smallest absolute Gasteiger partial charge is 0.338 e. The number of esters is 1. The van der Waals surface area contributed by atoms with Crippen LogP contribution in [0.5, 0.6) is 0 Å². The largest absolute Gasteiger partial charge is 0.460 e. The fourth-order valence-electron chi connectivity index (χ4n) is 1.48. The van der Waals surface area contributed by atoms with Crippen molar-refractivity contribution in [2.24, 2.45) is 0 Å². The minimum absolute atomic E-state index is 0.294. The Morgan fingerprint density at radius 3 is 2.41 bits per heavy atom. The van der Waals surface area contributed by atoms with Gasteiger partial charge in [-0.05, 0) is 30.0 Å². The van der Waals surface area contributed by atoms with Gasteiger partial charge < -0.3 is 9.47 Å². The zero-order valence-corrected chi connectivity index (χ0v) is 10.7. The van der Waals surface area contributed by atoms with Crippen molar-refractivity contribution in [1.82, 2.24) is 0 Å². The lowest BCUT2D eigenvalue weighted by Gasteiger charge is -2.09. The van der Waals surface area contributed by atoms with Gasteiger partial charge in [0.2, 0.25) is 0 Å². The molecule has 17 heavy (non-hydrogen) atoms. The molecule has 1 unspecified atom stereocenters. The van der Waals surface area contributed by atoms with Crippen LogP contribution in [-0.4, -0.2) is 26.3 Å². The van der Waals surface area contributed by atoms with Crippen LogP contribution in [0.4, 0.5) is 0 Å². The second-order valence-electron chi connectivity index (χ2n) is 4.06. The van der Waals surface area contributed by atoms with Crippen molar-refractivity contribution in [3.8, 4) is 0 Å². The molecule has 0 heterocycles. The highest BCUT2D eigenvalue weighted by Crippen LogP contribution is 2.18. The summed E-state index contributed by atoms with van der Waals surface area (Å²) in [6.45, 7) is 5.04. The molecule has 0 fully saturated rings. The Morgan fingerprint density at radius 2 is 1.88 bits per heavy atom. The summed E-state index contributed by atoms with van der Waals surface area (Å²) in [6.07, 6.45) is 1.09. The molecular formula is C14H20O3. The van der Waals surface area contributed by atoms with Gasteiger partial charge >= 0.3 is 5.97 Å². The first-order valence-corrected chi connectivity index (χ1v) is 5.95. The first-order valence-electron chi connectivity index (χ1n) is 5.95. The van der Waals surface area contributed by atoms with Gasteiger partial charge in [-0.3, -0.25) is 0 Å². The van der Waals surface area contributed by atoms with E-state index in [0.717, 1.165) is 6.42 Å². The molecule has 0 bridgehead atoms. The van der Waals surface area contributed by atoms with Gasteiger partial charge in [-0.1, -0.05) is 26.0 Å². The van der Waals surface area contributed by atoms with Crippen LogP contribution >= 0.6 is 0 Å². The van der Waals surface area contributed by atoms with E-state index in [4.69, 9.17) is 9.47 Å². The number of hydrogen-bond donors (Lipinski definition) is 0. The monoisotopic (exact) mass is 236 g/mol. The molecule has 0 spiro atoms. The summed E-state index contributed by atoms with van der Waals surface area (Å²) < 4.78 is 9.85. The van der Waals surface area contributed by atoms with Crippen molar-refractivity contribution in [2.75, 3.05) is 20.3 Å². The summed E-state index contributed by atoms with van der Waals surface area (Å²) in [4.78, 5) is 11.6. The van der Waals surface area contributed by atoms with Gasteiger partial charge in [0.05, 0.1) is 12.2 Å². The topological polar surface area (TPSA) is 35.5 Å². The second kappa shape index (κ2) is 7.07. The van der Waals surface area contributed by atoms with E-state index in [1.807, 2.05) is 24.3 Å². The van der Waals surface area contributed by atoms with Crippen LogP contribution in [0, 0.1) is 0 Å². The van der Waals surface area contributed by atoms with E-state index in [9.17, 15) is 4.79 Å². The number of carbonyl (C=O) groups is 1. The predicted octanol–water partition coefficient (Wildman–Crippen LogP) is 3.00. The Balaban J connectivity index is 2.58. The van der Waals surface area contributed by atoms with Crippen LogP contribution in [0.1, 0.15) is 42.1 Å². The molecule has 1 rings (SSSR count). The minimum atomic E-state index is -0.294. The molecule has 0 saturated carbocycles. The van der Waals surface area contributed by atoms with E-state index >= 15 is 0 Å². The Labute approximate surface area is 103 Å². The molecule has 1 aromatic rings. The summed E-state index contributed by atoms with van der Waals surface area (Å²) in [5, 5.41) is 0. The Kier molecular flexibility index (Phi) is 5.70. The Hall–Kier alpha value is -1.35. The lowest BCUT2D eigenvalue weighted by Crippen LogP contribution is -2.09. The molecule has 94 valence electrons. The van der Waals surface area contributed by atoms with E-state index in [-0.39, 0.29) is 5.97 Å². The van der Waals surface area contributed by atoms with Crippen LogP contribution < -0.4 is 0 Å². The fraction of sp³-hybridized carbons (Fsp3) is 0.500. The molecule has 0 aromatic heterocycles.